The maximum atomic E-state index is 11.5. The Bertz CT molecular complexity index is 599. The van der Waals surface area contributed by atoms with Crippen molar-refractivity contribution in [2.45, 2.75) is 71.5 Å². The molecule has 1 saturated heterocycles. The third kappa shape index (κ3) is 4.78. The molecule has 0 bridgehead atoms. The lowest BCUT2D eigenvalue weighted by molar-refractivity contribution is -0.143. The van der Waals surface area contributed by atoms with Gasteiger partial charge in [-0.15, -0.1) is 0 Å². The molecule has 0 unspecified atom stereocenters. The smallest absolute Gasteiger partial charge is 0.466 e. The Labute approximate surface area is 156 Å². The second-order valence-corrected chi connectivity index (χ2v) is 7.82. The van der Waals surface area contributed by atoms with Gasteiger partial charge in [-0.3, -0.25) is 4.79 Å². The maximum absolute atomic E-state index is 11.5. The Balaban J connectivity index is 2.06. The summed E-state index contributed by atoms with van der Waals surface area (Å²) in [5.74, 6) is -0.146. The van der Waals surface area contributed by atoms with Gasteiger partial charge in [-0.05, 0) is 71.0 Å². The van der Waals surface area contributed by atoms with E-state index in [1.54, 1.807) is 0 Å². The van der Waals surface area contributed by atoms with Gasteiger partial charge in [0, 0.05) is 11.4 Å². The van der Waals surface area contributed by atoms with Crippen molar-refractivity contribution in [1.29, 1.82) is 0 Å². The molecule has 0 saturated carbocycles. The molecule has 1 aliphatic rings. The van der Waals surface area contributed by atoms with E-state index in [9.17, 15) is 4.79 Å². The minimum Gasteiger partial charge on any atom is -0.466 e. The third-order valence-corrected chi connectivity index (χ3v) is 5.38. The topological polar surface area (TPSA) is 44.8 Å². The molecular weight excluding hydrogens is 338 g/mol. The summed E-state index contributed by atoms with van der Waals surface area (Å²) in [4.78, 5) is 11.5. The first kappa shape index (κ1) is 20.3. The van der Waals surface area contributed by atoms with Gasteiger partial charge < -0.3 is 14.0 Å². The van der Waals surface area contributed by atoms with Crippen LogP contribution in [-0.4, -0.2) is 30.9 Å². The normalized spacial score (nSPS) is 18.4. The largest absolute Gasteiger partial charge is 0.495 e. The van der Waals surface area contributed by atoms with Crippen molar-refractivity contribution in [2.75, 3.05) is 6.61 Å². The maximum Gasteiger partial charge on any atom is 0.495 e. The molecule has 1 fully saturated rings. The number of halogens is 1. The fourth-order valence-corrected chi connectivity index (χ4v) is 3.11. The van der Waals surface area contributed by atoms with Crippen molar-refractivity contribution in [2.24, 2.45) is 0 Å². The van der Waals surface area contributed by atoms with Crippen LogP contribution in [0.1, 0.15) is 59.4 Å². The number of carbonyl (C=O) groups is 1. The predicted molar refractivity (Wildman–Crippen MR) is 101 cm³/mol. The molecule has 138 valence electrons. The van der Waals surface area contributed by atoms with Crippen LogP contribution in [0.2, 0.25) is 5.02 Å². The number of benzene rings is 1. The molecule has 1 aliphatic heterocycles. The predicted octanol–water partition coefficient (Wildman–Crippen LogP) is 3.92. The van der Waals surface area contributed by atoms with Crippen molar-refractivity contribution in [3.8, 4) is 0 Å². The van der Waals surface area contributed by atoms with E-state index in [0.29, 0.717) is 18.1 Å². The zero-order valence-corrected chi connectivity index (χ0v) is 16.6. The van der Waals surface area contributed by atoms with E-state index in [-0.39, 0.29) is 17.2 Å². The number of hydrogen-bond donors (Lipinski definition) is 0. The van der Waals surface area contributed by atoms with Gasteiger partial charge in [0.05, 0.1) is 17.8 Å². The number of hydrogen-bond acceptors (Lipinski definition) is 4. The molecule has 1 heterocycles. The SMILES string of the molecule is CCOC(=O)CCCCc1c(Cl)cccc1B1OC(C)(C)C(C)(C)O1. The standard InChI is InChI=1S/C19H28BClO4/c1-6-23-17(22)13-8-7-10-14-15(11-9-12-16(14)21)20-24-18(2,3)19(4,5)25-20/h9,11-12H,6-8,10,13H2,1-5H3. The minimum atomic E-state index is -0.427. The van der Waals surface area contributed by atoms with Crippen LogP contribution in [0.5, 0.6) is 0 Å². The van der Waals surface area contributed by atoms with Gasteiger partial charge in [0.2, 0.25) is 0 Å². The number of rotatable bonds is 7. The van der Waals surface area contributed by atoms with E-state index in [1.807, 2.05) is 52.8 Å². The molecule has 0 amide bonds. The molecule has 0 spiro atoms. The van der Waals surface area contributed by atoms with Crippen molar-refractivity contribution in [3.05, 3.63) is 28.8 Å². The molecule has 0 atom stereocenters. The molecule has 0 aromatic heterocycles. The summed E-state index contributed by atoms with van der Waals surface area (Å²) in [6, 6.07) is 5.82. The first-order valence-corrected chi connectivity index (χ1v) is 9.34. The van der Waals surface area contributed by atoms with Crippen molar-refractivity contribution in [1.82, 2.24) is 0 Å². The lowest BCUT2D eigenvalue weighted by Gasteiger charge is -2.32. The highest BCUT2D eigenvalue weighted by Gasteiger charge is 2.52. The molecule has 25 heavy (non-hydrogen) atoms. The van der Waals surface area contributed by atoms with Gasteiger partial charge in [0.1, 0.15) is 0 Å². The van der Waals surface area contributed by atoms with Crippen molar-refractivity contribution < 1.29 is 18.8 Å². The highest BCUT2D eigenvalue weighted by Crippen LogP contribution is 2.37. The van der Waals surface area contributed by atoms with Crippen LogP contribution in [0.25, 0.3) is 0 Å². The Morgan fingerprint density at radius 1 is 1.16 bits per heavy atom. The van der Waals surface area contributed by atoms with Gasteiger partial charge in [0.15, 0.2) is 0 Å². The van der Waals surface area contributed by atoms with E-state index in [1.165, 1.54) is 0 Å². The van der Waals surface area contributed by atoms with Gasteiger partial charge in [-0.1, -0.05) is 23.7 Å². The number of unbranched alkanes of at least 4 members (excludes halogenated alkanes) is 1. The second kappa shape index (κ2) is 8.11. The van der Waals surface area contributed by atoms with E-state index < -0.39 is 7.12 Å². The van der Waals surface area contributed by atoms with Crippen LogP contribution >= 0.6 is 11.6 Å². The van der Waals surface area contributed by atoms with Crippen LogP contribution in [0.3, 0.4) is 0 Å². The Morgan fingerprint density at radius 3 is 2.40 bits per heavy atom. The molecule has 1 aromatic carbocycles. The lowest BCUT2D eigenvalue weighted by atomic mass is 9.75. The fourth-order valence-electron chi connectivity index (χ4n) is 2.83. The number of carbonyl (C=O) groups excluding carboxylic acids is 1. The number of ether oxygens (including phenoxy) is 1. The first-order chi connectivity index (χ1) is 11.7. The minimum absolute atomic E-state index is 0.146. The van der Waals surface area contributed by atoms with E-state index in [2.05, 4.69) is 0 Å². The molecule has 4 nitrogen and oxygen atoms in total. The van der Waals surface area contributed by atoms with E-state index in [4.69, 9.17) is 25.6 Å². The lowest BCUT2D eigenvalue weighted by Crippen LogP contribution is -2.41. The van der Waals surface area contributed by atoms with Crippen LogP contribution in [0.4, 0.5) is 0 Å². The quantitative estimate of drug-likeness (QED) is 0.417. The van der Waals surface area contributed by atoms with Crippen LogP contribution in [0, 0.1) is 0 Å². The van der Waals surface area contributed by atoms with Gasteiger partial charge >= 0.3 is 13.1 Å². The van der Waals surface area contributed by atoms with E-state index in [0.717, 1.165) is 30.3 Å². The zero-order valence-electron chi connectivity index (χ0n) is 15.9. The highest BCUT2D eigenvalue weighted by molar-refractivity contribution is 6.63. The monoisotopic (exact) mass is 366 g/mol. The first-order valence-electron chi connectivity index (χ1n) is 8.96. The summed E-state index contributed by atoms with van der Waals surface area (Å²) in [5.41, 5.74) is 1.23. The summed E-state index contributed by atoms with van der Waals surface area (Å²) in [7, 11) is -0.427. The Hall–Kier alpha value is -1.04. The highest BCUT2D eigenvalue weighted by atomic mass is 35.5. The summed E-state index contributed by atoms with van der Waals surface area (Å²) in [6.45, 7) is 10.4. The van der Waals surface area contributed by atoms with E-state index >= 15 is 0 Å². The average Bonchev–Trinajstić information content (AvgIpc) is 2.73. The molecule has 0 N–H and O–H groups in total. The van der Waals surface area contributed by atoms with Gasteiger partial charge in [-0.2, -0.15) is 0 Å². The summed E-state index contributed by atoms with van der Waals surface area (Å²) in [6.07, 6.45) is 2.84. The summed E-state index contributed by atoms with van der Waals surface area (Å²) >= 11 is 6.44. The van der Waals surface area contributed by atoms with Crippen LogP contribution in [0.15, 0.2) is 18.2 Å². The summed E-state index contributed by atoms with van der Waals surface area (Å²) in [5, 5.41) is 0.711. The second-order valence-electron chi connectivity index (χ2n) is 7.41. The van der Waals surface area contributed by atoms with Crippen molar-refractivity contribution in [3.63, 3.8) is 0 Å². The molecule has 1 aromatic rings. The summed E-state index contributed by atoms with van der Waals surface area (Å²) < 4.78 is 17.3. The molecule has 6 heteroatoms. The van der Waals surface area contributed by atoms with Crippen molar-refractivity contribution >= 4 is 30.2 Å². The Morgan fingerprint density at radius 2 is 1.80 bits per heavy atom. The third-order valence-electron chi connectivity index (χ3n) is 5.03. The molecule has 0 aliphatic carbocycles. The molecule has 0 radical (unpaired) electrons. The zero-order chi connectivity index (χ0) is 18.7. The van der Waals surface area contributed by atoms with Crippen LogP contribution in [-0.2, 0) is 25.3 Å². The Kier molecular flexibility index (Phi) is 6.58. The van der Waals surface area contributed by atoms with Crippen LogP contribution < -0.4 is 5.46 Å². The number of esters is 1. The molecular formula is C19H28BClO4. The fraction of sp³-hybridized carbons (Fsp3) is 0.632. The van der Waals surface area contributed by atoms with Gasteiger partial charge in [0.25, 0.3) is 0 Å². The average molecular weight is 367 g/mol. The van der Waals surface area contributed by atoms with Gasteiger partial charge in [-0.25, -0.2) is 0 Å². The molecule has 2 rings (SSSR count).